The van der Waals surface area contributed by atoms with Gasteiger partial charge in [0.1, 0.15) is 5.82 Å². The van der Waals surface area contributed by atoms with Gasteiger partial charge < -0.3 is 4.74 Å². The molecule has 1 fully saturated rings. The van der Waals surface area contributed by atoms with Gasteiger partial charge in [0.25, 0.3) is 0 Å². The molecule has 9 heteroatoms. The monoisotopic (exact) mass is 420 g/mol. The van der Waals surface area contributed by atoms with Gasteiger partial charge in [-0.15, -0.1) is 0 Å². The molecule has 7 nitrogen and oxygen atoms in total. The summed E-state index contributed by atoms with van der Waals surface area (Å²) in [5, 5.41) is 0. The number of amides is 2. The van der Waals surface area contributed by atoms with Gasteiger partial charge >= 0.3 is 0 Å². The Morgan fingerprint density at radius 1 is 0.897 bits per heavy atom. The Kier molecular flexibility index (Phi) is 6.73. The van der Waals surface area contributed by atoms with Crippen LogP contribution in [0.1, 0.15) is 12.8 Å². The number of rotatable bonds is 9. The predicted octanol–water partition coefficient (Wildman–Crippen LogP) is 1.94. The van der Waals surface area contributed by atoms with Crippen molar-refractivity contribution in [2.24, 2.45) is 0 Å². The van der Waals surface area contributed by atoms with Crippen LogP contribution in [0, 0.1) is 5.82 Å². The van der Waals surface area contributed by atoms with Crippen LogP contribution in [0.25, 0.3) is 11.1 Å². The zero-order chi connectivity index (χ0) is 20.9. The molecule has 0 saturated carbocycles. The van der Waals surface area contributed by atoms with E-state index in [9.17, 15) is 22.4 Å². The minimum Gasteiger partial charge on any atom is -0.378 e. The van der Waals surface area contributed by atoms with Gasteiger partial charge in [0.05, 0.1) is 24.7 Å². The standard InChI is InChI=1S/C20H21FN2O5S/c21-17-5-1-15(2-6-17)16-3-7-18(8-4-16)29(26,27)22-11-13-28-14-12-23-19(24)9-10-20(23)25/h1-8,22H,9-14H2. The Hall–Kier alpha value is -2.62. The van der Waals surface area contributed by atoms with Crippen molar-refractivity contribution in [3.05, 3.63) is 54.3 Å². The van der Waals surface area contributed by atoms with Crippen molar-refractivity contribution < 1.29 is 27.1 Å². The molecule has 1 aliphatic rings. The van der Waals surface area contributed by atoms with Crippen molar-refractivity contribution in [1.82, 2.24) is 9.62 Å². The molecular weight excluding hydrogens is 399 g/mol. The van der Waals surface area contributed by atoms with Gasteiger partial charge in [-0.25, -0.2) is 17.5 Å². The summed E-state index contributed by atoms with van der Waals surface area (Å²) in [6, 6.07) is 12.2. The highest BCUT2D eigenvalue weighted by atomic mass is 32.2. The van der Waals surface area contributed by atoms with E-state index in [4.69, 9.17) is 4.74 Å². The highest BCUT2D eigenvalue weighted by Crippen LogP contribution is 2.21. The molecule has 0 unspecified atom stereocenters. The summed E-state index contributed by atoms with van der Waals surface area (Å²) >= 11 is 0. The van der Waals surface area contributed by atoms with Crippen molar-refractivity contribution in [1.29, 1.82) is 0 Å². The lowest BCUT2D eigenvalue weighted by molar-refractivity contribution is -0.139. The van der Waals surface area contributed by atoms with E-state index in [1.165, 1.54) is 24.3 Å². The van der Waals surface area contributed by atoms with Crippen molar-refractivity contribution in [3.8, 4) is 11.1 Å². The molecule has 154 valence electrons. The van der Waals surface area contributed by atoms with Gasteiger partial charge in [0, 0.05) is 19.4 Å². The number of hydrogen-bond acceptors (Lipinski definition) is 5. The largest absolute Gasteiger partial charge is 0.378 e. The molecule has 0 aliphatic carbocycles. The van der Waals surface area contributed by atoms with E-state index in [1.807, 2.05) is 0 Å². The van der Waals surface area contributed by atoms with Crippen LogP contribution < -0.4 is 4.72 Å². The van der Waals surface area contributed by atoms with Crippen LogP contribution in [0.4, 0.5) is 4.39 Å². The SMILES string of the molecule is O=C1CCC(=O)N1CCOCCNS(=O)(=O)c1ccc(-c2ccc(F)cc2)cc1. The first kappa shape index (κ1) is 21.1. The first-order valence-electron chi connectivity index (χ1n) is 9.13. The van der Waals surface area contributed by atoms with Crippen LogP contribution in [-0.4, -0.2) is 51.4 Å². The molecule has 3 rings (SSSR count). The third kappa shape index (κ3) is 5.47. The molecule has 0 spiro atoms. The lowest BCUT2D eigenvalue weighted by Crippen LogP contribution is -2.33. The minimum atomic E-state index is -3.69. The van der Waals surface area contributed by atoms with Gasteiger partial charge in [0.2, 0.25) is 21.8 Å². The second-order valence-corrected chi connectivity index (χ2v) is 8.25. The maximum atomic E-state index is 13.0. The maximum Gasteiger partial charge on any atom is 0.240 e. The molecule has 1 saturated heterocycles. The fraction of sp³-hybridized carbons (Fsp3) is 0.300. The normalized spacial score (nSPS) is 14.6. The van der Waals surface area contributed by atoms with Crippen molar-refractivity contribution >= 4 is 21.8 Å². The van der Waals surface area contributed by atoms with E-state index in [2.05, 4.69) is 4.72 Å². The number of carbonyl (C=O) groups is 2. The molecule has 1 N–H and O–H groups in total. The van der Waals surface area contributed by atoms with Crippen molar-refractivity contribution in [2.75, 3.05) is 26.3 Å². The summed E-state index contributed by atoms with van der Waals surface area (Å²) in [4.78, 5) is 24.2. The Labute approximate surface area is 168 Å². The van der Waals surface area contributed by atoms with Crippen LogP contribution in [0.5, 0.6) is 0 Å². The summed E-state index contributed by atoms with van der Waals surface area (Å²) in [7, 11) is -3.69. The molecule has 0 aromatic heterocycles. The molecule has 0 radical (unpaired) electrons. The van der Waals surface area contributed by atoms with Crippen LogP contribution in [0.15, 0.2) is 53.4 Å². The topological polar surface area (TPSA) is 92.8 Å². The Morgan fingerprint density at radius 2 is 1.45 bits per heavy atom. The molecule has 1 heterocycles. The predicted molar refractivity (Wildman–Crippen MR) is 104 cm³/mol. The Morgan fingerprint density at radius 3 is 2.03 bits per heavy atom. The number of ether oxygens (including phenoxy) is 1. The number of imide groups is 1. The number of halogens is 1. The van der Waals surface area contributed by atoms with E-state index in [0.717, 1.165) is 16.0 Å². The summed E-state index contributed by atoms with van der Waals surface area (Å²) in [5.74, 6) is -0.746. The molecule has 2 amide bonds. The Balaban J connectivity index is 1.45. The summed E-state index contributed by atoms with van der Waals surface area (Å²) in [6.45, 7) is 0.508. The van der Waals surface area contributed by atoms with E-state index in [1.54, 1.807) is 24.3 Å². The molecule has 1 aliphatic heterocycles. The van der Waals surface area contributed by atoms with Crippen LogP contribution >= 0.6 is 0 Å². The molecule has 0 bridgehead atoms. The third-order valence-corrected chi connectivity index (χ3v) is 5.97. The van der Waals surface area contributed by atoms with Crippen LogP contribution in [0.3, 0.4) is 0 Å². The highest BCUT2D eigenvalue weighted by molar-refractivity contribution is 7.89. The third-order valence-electron chi connectivity index (χ3n) is 4.49. The zero-order valence-corrected chi connectivity index (χ0v) is 16.5. The molecule has 2 aromatic rings. The lowest BCUT2D eigenvalue weighted by Gasteiger charge is -2.13. The number of sulfonamides is 1. The van der Waals surface area contributed by atoms with Gasteiger partial charge in [0.15, 0.2) is 0 Å². The Bertz CT molecular complexity index is 959. The molecular formula is C20H21FN2O5S. The first-order valence-corrected chi connectivity index (χ1v) is 10.6. The van der Waals surface area contributed by atoms with Crippen molar-refractivity contribution in [3.63, 3.8) is 0 Å². The fourth-order valence-corrected chi connectivity index (χ4v) is 3.94. The van der Waals surface area contributed by atoms with E-state index in [0.29, 0.717) is 0 Å². The number of nitrogens with zero attached hydrogens (tertiary/aromatic N) is 1. The van der Waals surface area contributed by atoms with Crippen molar-refractivity contribution in [2.45, 2.75) is 17.7 Å². The van der Waals surface area contributed by atoms with Gasteiger partial charge in [-0.1, -0.05) is 24.3 Å². The second-order valence-electron chi connectivity index (χ2n) is 6.48. The first-order chi connectivity index (χ1) is 13.9. The van der Waals surface area contributed by atoms with Gasteiger partial charge in [-0.05, 0) is 35.4 Å². The van der Waals surface area contributed by atoms with Crippen LogP contribution in [-0.2, 0) is 24.3 Å². The number of carbonyl (C=O) groups excluding carboxylic acids is 2. The average Bonchev–Trinajstić information content (AvgIpc) is 3.03. The fourth-order valence-electron chi connectivity index (χ4n) is 2.93. The summed E-state index contributed by atoms with van der Waals surface area (Å²) in [5.41, 5.74) is 1.56. The molecule has 2 aromatic carbocycles. The number of benzene rings is 2. The van der Waals surface area contributed by atoms with Gasteiger partial charge in [-0.3, -0.25) is 14.5 Å². The minimum absolute atomic E-state index is 0.0595. The molecule has 29 heavy (non-hydrogen) atoms. The quantitative estimate of drug-likeness (QED) is 0.494. The number of likely N-dealkylation sites (tertiary alicyclic amines) is 1. The van der Waals surface area contributed by atoms with Gasteiger partial charge in [-0.2, -0.15) is 0 Å². The highest BCUT2D eigenvalue weighted by Gasteiger charge is 2.28. The summed E-state index contributed by atoms with van der Waals surface area (Å²) < 4.78 is 45.4. The second kappa shape index (κ2) is 9.25. The van der Waals surface area contributed by atoms with E-state index >= 15 is 0 Å². The lowest BCUT2D eigenvalue weighted by atomic mass is 10.1. The van der Waals surface area contributed by atoms with E-state index in [-0.39, 0.29) is 61.7 Å². The number of hydrogen-bond donors (Lipinski definition) is 1. The summed E-state index contributed by atoms with van der Waals surface area (Å²) in [6.07, 6.45) is 0.469. The van der Waals surface area contributed by atoms with Crippen LogP contribution in [0.2, 0.25) is 0 Å². The number of nitrogens with one attached hydrogen (secondary N) is 1. The smallest absolute Gasteiger partial charge is 0.240 e. The maximum absolute atomic E-state index is 13.0. The zero-order valence-electron chi connectivity index (χ0n) is 15.6. The average molecular weight is 420 g/mol. The molecule has 0 atom stereocenters. The van der Waals surface area contributed by atoms with E-state index < -0.39 is 10.0 Å².